The number of piperidine rings is 1. The molecule has 3 aromatic rings. The molecule has 39 heavy (non-hydrogen) atoms. The van der Waals surface area contributed by atoms with Gasteiger partial charge in [-0.05, 0) is 61.7 Å². The van der Waals surface area contributed by atoms with Crippen LogP contribution < -0.4 is 16.0 Å². The number of hydrogen-bond donors (Lipinski definition) is 2. The van der Waals surface area contributed by atoms with Gasteiger partial charge in [-0.1, -0.05) is 19.1 Å². The molecule has 2 aliphatic heterocycles. The molecular formula is C28H36F3N7O. The maximum absolute atomic E-state index is 10.4. The van der Waals surface area contributed by atoms with Gasteiger partial charge >= 0.3 is 6.18 Å². The third-order valence-electron chi connectivity index (χ3n) is 6.57. The van der Waals surface area contributed by atoms with E-state index in [-0.39, 0.29) is 6.92 Å². The van der Waals surface area contributed by atoms with Crippen molar-refractivity contribution in [2.45, 2.75) is 39.4 Å². The Kier molecular flexibility index (Phi) is 9.58. The van der Waals surface area contributed by atoms with Crippen LogP contribution in [0.5, 0.6) is 0 Å². The summed E-state index contributed by atoms with van der Waals surface area (Å²) < 4.78 is 36.6. The second-order valence-electron chi connectivity index (χ2n) is 10.1. The second kappa shape index (κ2) is 13.1. The first-order chi connectivity index (χ1) is 18.6. The van der Waals surface area contributed by atoms with Crippen LogP contribution in [-0.2, 0) is 11.3 Å². The highest BCUT2D eigenvalue weighted by Crippen LogP contribution is 2.26. The summed E-state index contributed by atoms with van der Waals surface area (Å²) in [5.41, 5.74) is 9.84. The van der Waals surface area contributed by atoms with E-state index in [0.29, 0.717) is 25.0 Å². The maximum atomic E-state index is 10.4. The maximum Gasteiger partial charge on any atom is 0.386 e. The standard InChI is InChI=1S/C26H33N7O.C2H3F3/c1-19-7-9-32(10-8-19)18-20-3-2-4-22(15-20)29-25-16-23(21-5-6-24(27)28-17-21)30-26(31-25)33-11-13-34-14-12-33;1-2(3,4)5/h2-6,15-17,19H,7-14,18H2,1H3,(H2,27,28)(H,29,30,31);1H3. The molecule has 0 unspecified atom stereocenters. The molecule has 0 atom stereocenters. The van der Waals surface area contributed by atoms with E-state index in [2.05, 4.69) is 51.3 Å². The molecular weight excluding hydrogens is 507 g/mol. The zero-order valence-corrected chi connectivity index (χ0v) is 22.4. The van der Waals surface area contributed by atoms with E-state index in [1.54, 1.807) is 12.3 Å². The van der Waals surface area contributed by atoms with Crippen molar-refractivity contribution in [3.8, 4) is 11.3 Å². The van der Waals surface area contributed by atoms with Crippen LogP contribution in [-0.4, -0.2) is 65.4 Å². The lowest BCUT2D eigenvalue weighted by atomic mass is 9.99. The molecule has 0 bridgehead atoms. The predicted molar refractivity (Wildman–Crippen MR) is 148 cm³/mol. The van der Waals surface area contributed by atoms with Gasteiger partial charge in [0.15, 0.2) is 0 Å². The van der Waals surface area contributed by atoms with Crippen molar-refractivity contribution in [2.75, 3.05) is 55.3 Å². The van der Waals surface area contributed by atoms with Gasteiger partial charge in [0.25, 0.3) is 0 Å². The third-order valence-corrected chi connectivity index (χ3v) is 6.57. The number of ether oxygens (including phenoxy) is 1. The number of nitrogens with one attached hydrogen (secondary N) is 1. The fourth-order valence-electron chi connectivity index (χ4n) is 4.48. The van der Waals surface area contributed by atoms with Gasteiger partial charge in [-0.3, -0.25) is 4.90 Å². The Morgan fingerprint density at radius 3 is 2.41 bits per heavy atom. The monoisotopic (exact) mass is 543 g/mol. The Morgan fingerprint density at radius 1 is 1.03 bits per heavy atom. The zero-order valence-electron chi connectivity index (χ0n) is 22.4. The highest BCUT2D eigenvalue weighted by atomic mass is 19.4. The number of morpholine rings is 1. The minimum Gasteiger partial charge on any atom is -0.384 e. The Bertz CT molecular complexity index is 1190. The van der Waals surface area contributed by atoms with Crippen LogP contribution in [0.1, 0.15) is 32.3 Å². The van der Waals surface area contributed by atoms with Crippen molar-refractivity contribution >= 4 is 23.3 Å². The van der Waals surface area contributed by atoms with E-state index in [4.69, 9.17) is 20.4 Å². The van der Waals surface area contributed by atoms with E-state index in [9.17, 15) is 13.2 Å². The Balaban J connectivity index is 0.000000648. The van der Waals surface area contributed by atoms with E-state index >= 15 is 0 Å². The van der Waals surface area contributed by atoms with Crippen molar-refractivity contribution in [1.82, 2.24) is 19.9 Å². The summed E-state index contributed by atoms with van der Waals surface area (Å²) in [5, 5.41) is 3.52. The van der Waals surface area contributed by atoms with E-state index in [1.165, 1.54) is 31.5 Å². The van der Waals surface area contributed by atoms with Crippen LogP contribution in [0.15, 0.2) is 48.7 Å². The summed E-state index contributed by atoms with van der Waals surface area (Å²) >= 11 is 0. The largest absolute Gasteiger partial charge is 0.386 e. The van der Waals surface area contributed by atoms with E-state index in [1.807, 2.05) is 12.1 Å². The van der Waals surface area contributed by atoms with Crippen LogP contribution >= 0.6 is 0 Å². The quantitative estimate of drug-likeness (QED) is 0.421. The Hall–Kier alpha value is -3.44. The van der Waals surface area contributed by atoms with Crippen molar-refractivity contribution in [3.63, 3.8) is 0 Å². The SMILES string of the molecule is CC(F)(F)F.CC1CCN(Cc2cccc(Nc3cc(-c4ccc(N)nc4)nc(N4CCOCC4)n3)c2)CC1. The second-order valence-corrected chi connectivity index (χ2v) is 10.1. The number of halogens is 3. The number of pyridine rings is 1. The molecule has 11 heteroatoms. The molecule has 8 nitrogen and oxygen atoms in total. The molecule has 0 aliphatic carbocycles. The fraction of sp³-hybridized carbons (Fsp3) is 0.464. The number of nitrogen functional groups attached to an aromatic ring is 1. The average molecular weight is 544 g/mol. The Morgan fingerprint density at radius 2 is 1.74 bits per heavy atom. The van der Waals surface area contributed by atoms with Crippen LogP contribution in [0.3, 0.4) is 0 Å². The number of anilines is 4. The fourth-order valence-corrected chi connectivity index (χ4v) is 4.48. The minimum atomic E-state index is -4.00. The Labute approximate surface area is 227 Å². The molecule has 2 saturated heterocycles. The molecule has 2 fully saturated rings. The number of benzene rings is 1. The topological polar surface area (TPSA) is 92.4 Å². The molecule has 3 N–H and O–H groups in total. The summed E-state index contributed by atoms with van der Waals surface area (Å²) in [4.78, 5) is 18.6. The molecule has 2 aliphatic rings. The predicted octanol–water partition coefficient (Wildman–Crippen LogP) is 5.50. The summed E-state index contributed by atoms with van der Waals surface area (Å²) in [6, 6.07) is 14.3. The lowest BCUT2D eigenvalue weighted by Gasteiger charge is -2.30. The van der Waals surface area contributed by atoms with Gasteiger partial charge in [-0.2, -0.15) is 18.2 Å². The molecule has 5 rings (SSSR count). The molecule has 0 spiro atoms. The number of hydrogen-bond acceptors (Lipinski definition) is 8. The smallest absolute Gasteiger partial charge is 0.384 e. The molecule has 0 radical (unpaired) electrons. The third kappa shape index (κ3) is 9.36. The zero-order chi connectivity index (χ0) is 27.8. The highest BCUT2D eigenvalue weighted by molar-refractivity contribution is 5.68. The number of likely N-dealkylation sites (tertiary alicyclic amines) is 1. The molecule has 0 saturated carbocycles. The number of nitrogens with two attached hydrogens (primary N) is 1. The van der Waals surface area contributed by atoms with E-state index < -0.39 is 6.18 Å². The first-order valence-corrected chi connectivity index (χ1v) is 13.2. The lowest BCUT2D eigenvalue weighted by molar-refractivity contribution is -0.110. The number of alkyl halides is 3. The number of aromatic nitrogens is 3. The van der Waals surface area contributed by atoms with Gasteiger partial charge in [-0.15, -0.1) is 0 Å². The van der Waals surface area contributed by atoms with Crippen LogP contribution in [0, 0.1) is 5.92 Å². The average Bonchev–Trinajstić information content (AvgIpc) is 2.90. The molecule has 4 heterocycles. The van der Waals surface area contributed by atoms with Gasteiger partial charge in [0.05, 0.1) is 18.9 Å². The van der Waals surface area contributed by atoms with Crippen molar-refractivity contribution < 1.29 is 17.9 Å². The summed E-state index contributed by atoms with van der Waals surface area (Å²) in [6.07, 6.45) is 0.322. The van der Waals surface area contributed by atoms with E-state index in [0.717, 1.165) is 48.3 Å². The molecule has 1 aromatic carbocycles. The summed E-state index contributed by atoms with van der Waals surface area (Å²) in [7, 11) is 0. The number of rotatable bonds is 6. The van der Waals surface area contributed by atoms with Crippen LogP contribution in [0.2, 0.25) is 0 Å². The van der Waals surface area contributed by atoms with Gasteiger partial charge in [0.1, 0.15) is 11.6 Å². The van der Waals surface area contributed by atoms with Gasteiger partial charge in [0.2, 0.25) is 5.95 Å². The highest BCUT2D eigenvalue weighted by Gasteiger charge is 2.18. The molecule has 0 amide bonds. The summed E-state index contributed by atoms with van der Waals surface area (Å²) in [6.45, 7) is 8.76. The number of nitrogens with zero attached hydrogens (tertiary/aromatic N) is 5. The van der Waals surface area contributed by atoms with Crippen LogP contribution in [0.25, 0.3) is 11.3 Å². The minimum absolute atomic E-state index is 0.188. The summed E-state index contributed by atoms with van der Waals surface area (Å²) in [5.74, 6) is 2.78. The van der Waals surface area contributed by atoms with Crippen molar-refractivity contribution in [1.29, 1.82) is 0 Å². The van der Waals surface area contributed by atoms with Gasteiger partial charge in [0, 0.05) is 50.1 Å². The van der Waals surface area contributed by atoms with Crippen molar-refractivity contribution in [3.05, 3.63) is 54.2 Å². The normalized spacial score (nSPS) is 16.9. The van der Waals surface area contributed by atoms with Crippen LogP contribution in [0.4, 0.5) is 36.4 Å². The first kappa shape index (κ1) is 28.6. The molecule has 210 valence electrons. The first-order valence-electron chi connectivity index (χ1n) is 13.2. The van der Waals surface area contributed by atoms with Crippen molar-refractivity contribution in [2.24, 2.45) is 5.92 Å². The molecule has 2 aromatic heterocycles. The van der Waals surface area contributed by atoms with Gasteiger partial charge in [-0.25, -0.2) is 9.97 Å². The van der Waals surface area contributed by atoms with Gasteiger partial charge < -0.3 is 20.7 Å². The lowest BCUT2D eigenvalue weighted by Crippen LogP contribution is -2.37.